The van der Waals surface area contributed by atoms with Crippen LogP contribution >= 0.6 is 24.0 Å². The van der Waals surface area contributed by atoms with Crippen molar-refractivity contribution < 1.29 is 9.47 Å². The van der Waals surface area contributed by atoms with E-state index in [0.29, 0.717) is 31.2 Å². The van der Waals surface area contributed by atoms with Gasteiger partial charge in [-0.3, -0.25) is 0 Å². The first kappa shape index (κ1) is 21.3. The minimum absolute atomic E-state index is 0. The number of hydrogen-bond donors (Lipinski definition) is 2. The summed E-state index contributed by atoms with van der Waals surface area (Å²) in [7, 11) is 0. The minimum atomic E-state index is 0. The van der Waals surface area contributed by atoms with E-state index < -0.39 is 0 Å². The van der Waals surface area contributed by atoms with Gasteiger partial charge in [0.2, 0.25) is 0 Å². The molecule has 1 aliphatic carbocycles. The Bertz CT molecular complexity index is 604. The third-order valence-corrected chi connectivity index (χ3v) is 5.39. The molecule has 3 rings (SSSR count). The molecule has 146 valence electrons. The zero-order chi connectivity index (χ0) is 17.9. The summed E-state index contributed by atoms with van der Waals surface area (Å²) in [5, 5.41) is 6.97. The molecule has 2 N–H and O–H groups in total. The van der Waals surface area contributed by atoms with Crippen molar-refractivity contribution in [2.45, 2.75) is 46.3 Å². The monoisotopic (exact) mass is 473 g/mol. The van der Waals surface area contributed by atoms with Gasteiger partial charge in [-0.1, -0.05) is 31.5 Å². The van der Waals surface area contributed by atoms with Crippen molar-refractivity contribution >= 4 is 29.9 Å². The maximum atomic E-state index is 5.87. The van der Waals surface area contributed by atoms with Crippen LogP contribution in [-0.2, 0) is 4.74 Å². The van der Waals surface area contributed by atoms with Gasteiger partial charge in [-0.2, -0.15) is 0 Å². The summed E-state index contributed by atoms with van der Waals surface area (Å²) < 4.78 is 11.6. The molecule has 2 fully saturated rings. The summed E-state index contributed by atoms with van der Waals surface area (Å²) in [6, 6.07) is 8.53. The largest absolute Gasteiger partial charge is 0.492 e. The zero-order valence-corrected chi connectivity index (χ0v) is 18.6. The molecule has 2 aliphatic rings. The molecule has 0 aromatic heterocycles. The van der Waals surface area contributed by atoms with Crippen LogP contribution in [0.3, 0.4) is 0 Å². The SMILES string of the molecule is CCNC(=NCCOc1ccc(C)cc1)NC1C2CCOC2C1(C)C.I. The Morgan fingerprint density at radius 2 is 2.04 bits per heavy atom. The highest BCUT2D eigenvalue weighted by Crippen LogP contribution is 2.52. The summed E-state index contributed by atoms with van der Waals surface area (Å²) in [6.45, 7) is 11.7. The molecular weight excluding hydrogens is 441 g/mol. The molecule has 1 heterocycles. The molecule has 1 aromatic rings. The number of halogens is 1. The predicted molar refractivity (Wildman–Crippen MR) is 117 cm³/mol. The molecule has 1 saturated heterocycles. The van der Waals surface area contributed by atoms with Gasteiger partial charge >= 0.3 is 0 Å². The van der Waals surface area contributed by atoms with Gasteiger partial charge in [-0.05, 0) is 32.4 Å². The van der Waals surface area contributed by atoms with Crippen LogP contribution in [0.5, 0.6) is 5.75 Å². The second-order valence-electron chi connectivity index (χ2n) is 7.61. The minimum Gasteiger partial charge on any atom is -0.492 e. The first-order valence-electron chi connectivity index (χ1n) is 9.38. The Labute approximate surface area is 174 Å². The molecule has 1 aliphatic heterocycles. The number of rotatable bonds is 6. The highest BCUT2D eigenvalue weighted by molar-refractivity contribution is 14.0. The van der Waals surface area contributed by atoms with E-state index in [0.717, 1.165) is 31.3 Å². The van der Waals surface area contributed by atoms with E-state index in [1.54, 1.807) is 0 Å². The van der Waals surface area contributed by atoms with Crippen molar-refractivity contribution in [3.63, 3.8) is 0 Å². The number of hydrogen-bond acceptors (Lipinski definition) is 3. The Balaban J connectivity index is 0.00000243. The Morgan fingerprint density at radius 3 is 2.73 bits per heavy atom. The maximum Gasteiger partial charge on any atom is 0.191 e. The van der Waals surface area contributed by atoms with Gasteiger partial charge in [-0.15, -0.1) is 24.0 Å². The van der Waals surface area contributed by atoms with E-state index in [2.05, 4.69) is 55.5 Å². The number of ether oxygens (including phenoxy) is 2. The van der Waals surface area contributed by atoms with E-state index in [1.165, 1.54) is 5.56 Å². The summed E-state index contributed by atoms with van der Waals surface area (Å²) in [4.78, 5) is 4.68. The topological polar surface area (TPSA) is 54.9 Å². The smallest absolute Gasteiger partial charge is 0.191 e. The molecular formula is C20H32IN3O2. The van der Waals surface area contributed by atoms with Crippen LogP contribution in [-0.4, -0.2) is 44.4 Å². The number of benzene rings is 1. The average Bonchev–Trinajstić information content (AvgIpc) is 3.05. The van der Waals surface area contributed by atoms with E-state index in [9.17, 15) is 0 Å². The third-order valence-electron chi connectivity index (χ3n) is 5.39. The van der Waals surface area contributed by atoms with Crippen LogP contribution in [0.15, 0.2) is 29.3 Å². The van der Waals surface area contributed by atoms with Gasteiger partial charge in [0.05, 0.1) is 12.6 Å². The highest BCUT2D eigenvalue weighted by Gasteiger charge is 2.59. The first-order valence-corrected chi connectivity index (χ1v) is 9.38. The summed E-state index contributed by atoms with van der Waals surface area (Å²) in [5.41, 5.74) is 1.39. The highest BCUT2D eigenvalue weighted by atomic mass is 127. The van der Waals surface area contributed by atoms with Crippen molar-refractivity contribution in [1.82, 2.24) is 10.6 Å². The van der Waals surface area contributed by atoms with Crippen molar-refractivity contribution in [3.8, 4) is 5.75 Å². The predicted octanol–water partition coefficient (Wildman–Crippen LogP) is 3.36. The van der Waals surface area contributed by atoms with Crippen LogP contribution in [0.25, 0.3) is 0 Å². The molecule has 0 bridgehead atoms. The Morgan fingerprint density at radius 1 is 1.31 bits per heavy atom. The van der Waals surface area contributed by atoms with E-state index in [-0.39, 0.29) is 29.4 Å². The van der Waals surface area contributed by atoms with Gasteiger partial charge in [-0.25, -0.2) is 4.99 Å². The lowest BCUT2D eigenvalue weighted by Gasteiger charge is -2.54. The van der Waals surface area contributed by atoms with Gasteiger partial charge in [0.15, 0.2) is 5.96 Å². The fraction of sp³-hybridized carbons (Fsp3) is 0.650. The Kier molecular flexibility index (Phi) is 7.58. The van der Waals surface area contributed by atoms with E-state index in [1.807, 2.05) is 12.1 Å². The third kappa shape index (κ3) is 4.63. The molecule has 0 amide bonds. The van der Waals surface area contributed by atoms with Crippen LogP contribution in [0, 0.1) is 18.3 Å². The van der Waals surface area contributed by atoms with Gasteiger partial charge in [0, 0.05) is 30.5 Å². The summed E-state index contributed by atoms with van der Waals surface area (Å²) in [6.07, 6.45) is 1.53. The van der Waals surface area contributed by atoms with Crippen molar-refractivity contribution in [2.75, 3.05) is 26.3 Å². The number of aliphatic imine (C=N–C) groups is 1. The standard InChI is InChI=1S/C20H31N3O2.HI/c1-5-21-19(22-11-13-24-15-8-6-14(2)7-9-15)23-17-16-10-12-25-18(16)20(17,3)4;/h6-9,16-18H,5,10-13H2,1-4H3,(H2,21,22,23);1H. The summed E-state index contributed by atoms with van der Waals surface area (Å²) in [5.74, 6) is 2.37. The van der Waals surface area contributed by atoms with Crippen LogP contribution in [0.1, 0.15) is 32.8 Å². The number of fused-ring (bicyclic) bond motifs is 1. The molecule has 0 radical (unpaired) electrons. The molecule has 26 heavy (non-hydrogen) atoms. The molecule has 5 nitrogen and oxygen atoms in total. The maximum absolute atomic E-state index is 5.87. The van der Waals surface area contributed by atoms with E-state index in [4.69, 9.17) is 9.47 Å². The Hall–Kier alpha value is -1.02. The number of aryl methyl sites for hydroxylation is 1. The molecule has 3 unspecified atom stereocenters. The van der Waals surface area contributed by atoms with Crippen molar-refractivity contribution in [3.05, 3.63) is 29.8 Å². The number of guanidine groups is 1. The van der Waals surface area contributed by atoms with E-state index >= 15 is 0 Å². The second kappa shape index (κ2) is 9.26. The normalized spacial score (nSPS) is 26.3. The van der Waals surface area contributed by atoms with Crippen molar-refractivity contribution in [1.29, 1.82) is 0 Å². The first-order chi connectivity index (χ1) is 12.0. The van der Waals surface area contributed by atoms with Gasteiger partial charge in [0.25, 0.3) is 0 Å². The van der Waals surface area contributed by atoms with Crippen LogP contribution in [0.2, 0.25) is 0 Å². The lowest BCUT2D eigenvalue weighted by Crippen LogP contribution is -2.68. The van der Waals surface area contributed by atoms with Crippen LogP contribution < -0.4 is 15.4 Å². The molecule has 3 atom stereocenters. The van der Waals surface area contributed by atoms with Crippen molar-refractivity contribution in [2.24, 2.45) is 16.3 Å². The number of nitrogens with one attached hydrogen (secondary N) is 2. The number of nitrogens with zero attached hydrogens (tertiary/aromatic N) is 1. The summed E-state index contributed by atoms with van der Waals surface area (Å²) >= 11 is 0. The lowest BCUT2D eigenvalue weighted by atomic mass is 9.57. The lowest BCUT2D eigenvalue weighted by molar-refractivity contribution is -0.106. The molecule has 6 heteroatoms. The molecule has 1 saturated carbocycles. The van der Waals surface area contributed by atoms with Gasteiger partial charge < -0.3 is 20.1 Å². The fourth-order valence-corrected chi connectivity index (χ4v) is 4.04. The average molecular weight is 473 g/mol. The molecule has 1 aromatic carbocycles. The fourth-order valence-electron chi connectivity index (χ4n) is 4.04. The van der Waals surface area contributed by atoms with Gasteiger partial charge in [0.1, 0.15) is 12.4 Å². The van der Waals surface area contributed by atoms with Crippen LogP contribution in [0.4, 0.5) is 0 Å². The molecule has 0 spiro atoms. The second-order valence-corrected chi connectivity index (χ2v) is 7.61. The quantitative estimate of drug-likeness (QED) is 0.288. The zero-order valence-electron chi connectivity index (χ0n) is 16.2.